The van der Waals surface area contributed by atoms with Crippen molar-refractivity contribution in [2.45, 2.75) is 25.9 Å². The predicted octanol–water partition coefficient (Wildman–Crippen LogP) is 2.93. The first-order valence-electron chi connectivity index (χ1n) is 3.45. The van der Waals surface area contributed by atoms with Gasteiger partial charge in [-0.3, -0.25) is 0 Å². The molecule has 0 atom stereocenters. The van der Waals surface area contributed by atoms with E-state index >= 15 is 0 Å². The molecule has 0 aliphatic carbocycles. The van der Waals surface area contributed by atoms with E-state index in [1.54, 1.807) is 0 Å². The summed E-state index contributed by atoms with van der Waals surface area (Å²) in [5, 5.41) is 0. The Morgan fingerprint density at radius 2 is 1.78 bits per heavy atom. The summed E-state index contributed by atoms with van der Waals surface area (Å²) in [4.78, 5) is 0. The molecule has 0 N–H and O–H groups in total. The Morgan fingerprint density at radius 1 is 1.33 bits per heavy atom. The topological polar surface area (TPSA) is 0 Å². The fourth-order valence-corrected chi connectivity index (χ4v) is 2.48. The van der Waals surface area contributed by atoms with Crippen molar-refractivity contribution in [1.29, 1.82) is 0 Å². The van der Waals surface area contributed by atoms with Crippen LogP contribution in [0.3, 0.4) is 0 Å². The van der Waals surface area contributed by atoms with Gasteiger partial charge in [0.2, 0.25) is 0 Å². The largest absolute Gasteiger partial charge is 0.107 e. The fraction of sp³-hybridized carbons (Fsp3) is 0.500. The third kappa shape index (κ3) is 2.66. The Kier molecular flexibility index (Phi) is 3.55. The van der Waals surface area contributed by atoms with Crippen molar-refractivity contribution >= 4 is 8.07 Å². The van der Waals surface area contributed by atoms with Crippen LogP contribution in [0.2, 0.25) is 12.6 Å². The van der Waals surface area contributed by atoms with E-state index in [1.165, 1.54) is 12.5 Å². The van der Waals surface area contributed by atoms with Gasteiger partial charge in [-0.05, 0) is 0 Å². The van der Waals surface area contributed by atoms with Gasteiger partial charge in [0.1, 0.15) is 0 Å². The highest BCUT2D eigenvalue weighted by Crippen LogP contribution is 2.13. The van der Waals surface area contributed by atoms with Gasteiger partial charge >= 0.3 is 0 Å². The van der Waals surface area contributed by atoms with E-state index in [4.69, 9.17) is 0 Å². The quantitative estimate of drug-likeness (QED) is 0.527. The molecular formula is C8H16Si. The molecule has 0 fully saturated rings. The Balaban J connectivity index is 3.91. The van der Waals surface area contributed by atoms with Crippen molar-refractivity contribution in [3.05, 3.63) is 24.6 Å². The average Bonchev–Trinajstić information content (AvgIpc) is 1.89. The van der Waals surface area contributed by atoms with E-state index in [0.717, 1.165) is 0 Å². The number of hydrogen-bond acceptors (Lipinski definition) is 0. The van der Waals surface area contributed by atoms with Gasteiger partial charge in [-0.25, -0.2) is 0 Å². The SMILES string of the molecule is C=C[Si](C)(C=C)CCC. The standard InChI is InChI=1S/C8H16Si/c1-5-8-9(4,6-2)7-3/h6-7H,2-3,5,8H2,1,4H3. The number of rotatable bonds is 4. The van der Waals surface area contributed by atoms with E-state index in [2.05, 4.69) is 38.0 Å². The molecule has 1 heteroatoms. The highest BCUT2D eigenvalue weighted by atomic mass is 28.3. The van der Waals surface area contributed by atoms with E-state index in [9.17, 15) is 0 Å². The molecule has 0 unspecified atom stereocenters. The molecule has 0 amide bonds. The van der Waals surface area contributed by atoms with Crippen molar-refractivity contribution in [2.24, 2.45) is 0 Å². The van der Waals surface area contributed by atoms with Gasteiger partial charge in [-0.1, -0.05) is 37.3 Å². The molecule has 0 spiro atoms. The van der Waals surface area contributed by atoms with Crippen LogP contribution in [0.4, 0.5) is 0 Å². The molecular weight excluding hydrogens is 124 g/mol. The summed E-state index contributed by atoms with van der Waals surface area (Å²) < 4.78 is 0. The normalized spacial score (nSPS) is 10.9. The molecule has 0 aliphatic rings. The molecule has 0 saturated heterocycles. The monoisotopic (exact) mass is 140 g/mol. The van der Waals surface area contributed by atoms with Crippen molar-refractivity contribution in [3.8, 4) is 0 Å². The summed E-state index contributed by atoms with van der Waals surface area (Å²) in [6, 6.07) is 1.29. The third-order valence-corrected chi connectivity index (χ3v) is 5.16. The molecule has 0 aromatic heterocycles. The average molecular weight is 140 g/mol. The van der Waals surface area contributed by atoms with E-state index in [0.29, 0.717) is 0 Å². The third-order valence-electron chi connectivity index (χ3n) is 1.72. The molecule has 0 aromatic carbocycles. The molecule has 52 valence electrons. The van der Waals surface area contributed by atoms with Gasteiger partial charge < -0.3 is 0 Å². The minimum absolute atomic E-state index is 1.17. The van der Waals surface area contributed by atoms with Crippen LogP contribution in [-0.4, -0.2) is 8.07 Å². The first-order chi connectivity index (χ1) is 4.18. The molecule has 0 nitrogen and oxygen atoms in total. The summed E-state index contributed by atoms with van der Waals surface area (Å²) in [7, 11) is -1.17. The van der Waals surface area contributed by atoms with Gasteiger partial charge in [0.25, 0.3) is 0 Å². The first-order valence-corrected chi connectivity index (χ1v) is 6.32. The second-order valence-electron chi connectivity index (χ2n) is 2.66. The van der Waals surface area contributed by atoms with Crippen LogP contribution in [0.25, 0.3) is 0 Å². The molecule has 0 saturated carbocycles. The van der Waals surface area contributed by atoms with Crippen molar-refractivity contribution in [3.63, 3.8) is 0 Å². The maximum absolute atomic E-state index is 3.81. The molecule has 0 bridgehead atoms. The second kappa shape index (κ2) is 3.67. The highest BCUT2D eigenvalue weighted by Gasteiger charge is 2.15. The summed E-state index contributed by atoms with van der Waals surface area (Å²) in [5.41, 5.74) is 4.20. The van der Waals surface area contributed by atoms with Gasteiger partial charge in [0.05, 0.1) is 8.07 Å². The maximum Gasteiger partial charge on any atom is 0.0973 e. The Morgan fingerprint density at radius 3 is 1.89 bits per heavy atom. The molecule has 0 aromatic rings. The van der Waals surface area contributed by atoms with Crippen molar-refractivity contribution < 1.29 is 0 Å². The lowest BCUT2D eigenvalue weighted by atomic mass is 10.6. The smallest absolute Gasteiger partial charge is 0.0973 e. The van der Waals surface area contributed by atoms with Crippen LogP contribution < -0.4 is 0 Å². The lowest BCUT2D eigenvalue weighted by molar-refractivity contribution is 1.06. The Labute approximate surface area is 59.3 Å². The molecule has 0 aliphatic heterocycles. The zero-order chi connectivity index (χ0) is 7.33. The zero-order valence-electron chi connectivity index (χ0n) is 6.48. The lowest BCUT2D eigenvalue weighted by Crippen LogP contribution is -2.23. The minimum Gasteiger partial charge on any atom is -0.107 e. The molecule has 9 heavy (non-hydrogen) atoms. The summed E-state index contributed by atoms with van der Waals surface area (Å²) in [6.07, 6.45) is 1.25. The minimum atomic E-state index is -1.17. The summed E-state index contributed by atoms with van der Waals surface area (Å²) in [5.74, 6) is 0. The van der Waals surface area contributed by atoms with Gasteiger partial charge in [-0.15, -0.1) is 13.2 Å². The van der Waals surface area contributed by atoms with E-state index in [-0.39, 0.29) is 0 Å². The summed E-state index contributed by atoms with van der Waals surface area (Å²) >= 11 is 0. The molecule has 0 radical (unpaired) electrons. The van der Waals surface area contributed by atoms with Crippen molar-refractivity contribution in [1.82, 2.24) is 0 Å². The summed E-state index contributed by atoms with van der Waals surface area (Å²) in [6.45, 7) is 12.1. The van der Waals surface area contributed by atoms with Crippen LogP contribution >= 0.6 is 0 Å². The Hall–Kier alpha value is -0.303. The fourth-order valence-electron chi connectivity index (χ4n) is 0.826. The zero-order valence-corrected chi connectivity index (χ0v) is 7.48. The van der Waals surface area contributed by atoms with Crippen LogP contribution in [0.15, 0.2) is 24.6 Å². The van der Waals surface area contributed by atoms with Gasteiger partial charge in [-0.2, -0.15) is 0 Å². The first kappa shape index (κ1) is 8.70. The van der Waals surface area contributed by atoms with Gasteiger partial charge in [0, 0.05) is 0 Å². The molecule has 0 rings (SSSR count). The number of hydrogen-bond donors (Lipinski definition) is 0. The van der Waals surface area contributed by atoms with E-state index in [1.807, 2.05) is 0 Å². The van der Waals surface area contributed by atoms with E-state index < -0.39 is 8.07 Å². The molecule has 0 heterocycles. The lowest BCUT2D eigenvalue weighted by Gasteiger charge is -2.15. The highest BCUT2D eigenvalue weighted by molar-refractivity contribution is 6.87. The van der Waals surface area contributed by atoms with Gasteiger partial charge in [0.15, 0.2) is 0 Å². The second-order valence-corrected chi connectivity index (χ2v) is 6.99. The van der Waals surface area contributed by atoms with Crippen LogP contribution in [-0.2, 0) is 0 Å². The predicted molar refractivity (Wildman–Crippen MR) is 47.1 cm³/mol. The van der Waals surface area contributed by atoms with Crippen LogP contribution in [0, 0.1) is 0 Å². The van der Waals surface area contributed by atoms with Crippen molar-refractivity contribution in [2.75, 3.05) is 0 Å². The Bertz CT molecular complexity index is 97.1. The maximum atomic E-state index is 3.81. The van der Waals surface area contributed by atoms with Crippen LogP contribution in [0.5, 0.6) is 0 Å². The van der Waals surface area contributed by atoms with Crippen LogP contribution in [0.1, 0.15) is 13.3 Å².